The molecule has 1 aromatic carbocycles. The third kappa shape index (κ3) is 7.65. The first-order valence-electron chi connectivity index (χ1n) is 7.55. The maximum Gasteiger partial charge on any atom is 0.191 e. The molecule has 5 nitrogen and oxygen atoms in total. The Morgan fingerprint density at radius 3 is 2.52 bits per heavy atom. The smallest absolute Gasteiger partial charge is 0.191 e. The summed E-state index contributed by atoms with van der Waals surface area (Å²) in [6.07, 6.45) is 1.09. The number of rotatable bonds is 6. The van der Waals surface area contributed by atoms with Crippen LogP contribution >= 0.6 is 58.5 Å². The van der Waals surface area contributed by atoms with Gasteiger partial charge in [-0.3, -0.25) is 0 Å². The average molecular weight is 515 g/mol. The van der Waals surface area contributed by atoms with Crippen molar-refractivity contribution in [1.82, 2.24) is 15.6 Å². The molecule has 0 fully saturated rings. The van der Waals surface area contributed by atoms with Gasteiger partial charge in [0.25, 0.3) is 0 Å². The molecule has 0 bridgehead atoms. The van der Waals surface area contributed by atoms with Crippen LogP contribution in [-0.2, 0) is 6.54 Å². The van der Waals surface area contributed by atoms with Crippen LogP contribution in [0.2, 0.25) is 10.0 Å². The van der Waals surface area contributed by atoms with Crippen molar-refractivity contribution in [3.8, 4) is 0 Å². The van der Waals surface area contributed by atoms with E-state index in [4.69, 9.17) is 23.2 Å². The van der Waals surface area contributed by atoms with Gasteiger partial charge < -0.3 is 15.7 Å². The third-order valence-electron chi connectivity index (χ3n) is 3.14. The number of nitrogens with one attached hydrogen (secondary N) is 2. The Morgan fingerprint density at radius 2 is 1.96 bits per heavy atom. The Labute approximate surface area is 178 Å². The van der Waals surface area contributed by atoms with E-state index in [1.54, 1.807) is 29.5 Å². The van der Waals surface area contributed by atoms with Gasteiger partial charge in [0.1, 0.15) is 0 Å². The van der Waals surface area contributed by atoms with Crippen molar-refractivity contribution in [2.45, 2.75) is 26.5 Å². The molecule has 25 heavy (non-hydrogen) atoms. The molecule has 0 saturated heterocycles. The van der Waals surface area contributed by atoms with Crippen molar-refractivity contribution in [2.24, 2.45) is 4.99 Å². The third-order valence-corrected chi connectivity index (χ3v) is 4.47. The molecule has 0 aliphatic rings. The zero-order valence-electron chi connectivity index (χ0n) is 13.9. The summed E-state index contributed by atoms with van der Waals surface area (Å²) < 4.78 is 0. The van der Waals surface area contributed by atoms with Gasteiger partial charge in [-0.15, -0.1) is 35.3 Å². The predicted octanol–water partition coefficient (Wildman–Crippen LogP) is 4.17. The highest BCUT2D eigenvalue weighted by Crippen LogP contribution is 2.23. The van der Waals surface area contributed by atoms with Crippen LogP contribution in [0, 0.1) is 6.92 Å². The zero-order valence-corrected chi connectivity index (χ0v) is 18.6. The Hall–Kier alpha value is -0.610. The van der Waals surface area contributed by atoms with Crippen LogP contribution in [-0.4, -0.2) is 29.1 Å². The summed E-state index contributed by atoms with van der Waals surface area (Å²) in [6.45, 7) is 5.52. The normalized spacial score (nSPS) is 12.4. The monoisotopic (exact) mass is 514 g/mol. The summed E-state index contributed by atoms with van der Waals surface area (Å²) in [6, 6.07) is 5.03. The van der Waals surface area contributed by atoms with Crippen LogP contribution in [0.3, 0.4) is 0 Å². The van der Waals surface area contributed by atoms with Gasteiger partial charge in [-0.2, -0.15) is 0 Å². The average Bonchev–Trinajstić information content (AvgIpc) is 2.94. The molecule has 9 heteroatoms. The van der Waals surface area contributed by atoms with Gasteiger partial charge in [0.05, 0.1) is 17.7 Å². The zero-order chi connectivity index (χ0) is 17.5. The van der Waals surface area contributed by atoms with E-state index in [9.17, 15) is 5.11 Å². The lowest BCUT2D eigenvalue weighted by Crippen LogP contribution is -2.39. The van der Waals surface area contributed by atoms with Crippen LogP contribution in [0.4, 0.5) is 0 Å². The minimum Gasteiger partial charge on any atom is -0.387 e. The molecule has 0 radical (unpaired) electrons. The van der Waals surface area contributed by atoms with E-state index >= 15 is 0 Å². The summed E-state index contributed by atoms with van der Waals surface area (Å²) in [4.78, 5) is 9.80. The molecule has 1 aromatic heterocycles. The van der Waals surface area contributed by atoms with Crippen LogP contribution in [0.15, 0.2) is 29.4 Å². The Balaban J connectivity index is 0.00000312. The quantitative estimate of drug-likeness (QED) is 0.307. The lowest BCUT2D eigenvalue weighted by Gasteiger charge is -2.16. The molecule has 1 unspecified atom stereocenters. The second-order valence-electron chi connectivity index (χ2n) is 5.14. The van der Waals surface area contributed by atoms with Crippen molar-refractivity contribution in [1.29, 1.82) is 0 Å². The number of benzene rings is 1. The largest absolute Gasteiger partial charge is 0.387 e. The first-order valence-corrected chi connectivity index (χ1v) is 9.12. The Morgan fingerprint density at radius 1 is 1.28 bits per heavy atom. The van der Waals surface area contributed by atoms with Crippen LogP contribution in [0.1, 0.15) is 28.5 Å². The maximum absolute atomic E-state index is 10.3. The first-order chi connectivity index (χ1) is 11.5. The Kier molecular flexibility index (Phi) is 10.0. The summed E-state index contributed by atoms with van der Waals surface area (Å²) in [5.41, 5.74) is 0.661. The molecule has 1 atom stereocenters. The van der Waals surface area contributed by atoms with Gasteiger partial charge >= 0.3 is 0 Å². The number of aryl methyl sites for hydroxylation is 1. The van der Waals surface area contributed by atoms with Crippen LogP contribution in [0.25, 0.3) is 0 Å². The molecule has 0 aliphatic heterocycles. The number of aliphatic hydroxyl groups excluding tert-OH is 1. The molecule has 2 rings (SSSR count). The molecule has 138 valence electrons. The van der Waals surface area contributed by atoms with Crippen LogP contribution < -0.4 is 10.6 Å². The molecule has 0 amide bonds. The van der Waals surface area contributed by atoms with E-state index in [0.717, 1.165) is 16.4 Å². The van der Waals surface area contributed by atoms with Gasteiger partial charge in [-0.05, 0) is 37.6 Å². The van der Waals surface area contributed by atoms with Crippen molar-refractivity contribution in [3.05, 3.63) is 49.9 Å². The highest BCUT2D eigenvalue weighted by atomic mass is 127. The lowest BCUT2D eigenvalue weighted by molar-refractivity contribution is 0.181. The summed E-state index contributed by atoms with van der Waals surface area (Å²) in [5, 5.41) is 18.6. The Bertz CT molecular complexity index is 691. The van der Waals surface area contributed by atoms with Crippen molar-refractivity contribution in [3.63, 3.8) is 0 Å². The summed E-state index contributed by atoms with van der Waals surface area (Å²) in [7, 11) is 0. The molecule has 0 aliphatic carbocycles. The summed E-state index contributed by atoms with van der Waals surface area (Å²) >= 11 is 13.6. The van der Waals surface area contributed by atoms with E-state index in [1.165, 1.54) is 0 Å². The highest BCUT2D eigenvalue weighted by Gasteiger charge is 2.10. The molecular weight excluding hydrogens is 494 g/mol. The van der Waals surface area contributed by atoms with Gasteiger partial charge in [0.2, 0.25) is 0 Å². The van der Waals surface area contributed by atoms with Crippen molar-refractivity contribution < 1.29 is 5.11 Å². The number of guanidine groups is 1. The fraction of sp³-hybridized carbons (Fsp3) is 0.375. The predicted molar refractivity (Wildman–Crippen MR) is 117 cm³/mol. The number of nitrogens with zero attached hydrogens (tertiary/aromatic N) is 2. The maximum atomic E-state index is 10.3. The highest BCUT2D eigenvalue weighted by molar-refractivity contribution is 14.0. The first kappa shape index (κ1) is 22.4. The van der Waals surface area contributed by atoms with Crippen molar-refractivity contribution in [2.75, 3.05) is 13.1 Å². The van der Waals surface area contributed by atoms with E-state index in [-0.39, 0.29) is 24.0 Å². The number of halogens is 3. The minimum absolute atomic E-state index is 0. The van der Waals surface area contributed by atoms with E-state index in [0.29, 0.717) is 34.7 Å². The number of hydrogen-bond acceptors (Lipinski definition) is 4. The molecule has 1 heterocycles. The van der Waals surface area contributed by atoms with Gasteiger partial charge in [-0.1, -0.05) is 23.2 Å². The van der Waals surface area contributed by atoms with Crippen LogP contribution in [0.5, 0.6) is 0 Å². The van der Waals surface area contributed by atoms with Gasteiger partial charge in [0, 0.05) is 34.2 Å². The van der Waals surface area contributed by atoms with E-state index < -0.39 is 6.10 Å². The molecule has 3 N–H and O–H groups in total. The van der Waals surface area contributed by atoms with E-state index in [1.807, 2.05) is 20.0 Å². The summed E-state index contributed by atoms with van der Waals surface area (Å²) in [5.74, 6) is 0.635. The SMILES string of the molecule is CCNC(=NCc1cnc(C)s1)NCC(O)c1cc(Cl)cc(Cl)c1.I. The number of hydrogen-bond donors (Lipinski definition) is 3. The lowest BCUT2D eigenvalue weighted by atomic mass is 10.1. The van der Waals surface area contributed by atoms with E-state index in [2.05, 4.69) is 20.6 Å². The second kappa shape index (κ2) is 11.2. The van der Waals surface area contributed by atoms with Crippen molar-refractivity contribution >= 4 is 64.5 Å². The second-order valence-corrected chi connectivity index (χ2v) is 7.33. The number of thiazole rings is 1. The molecule has 0 saturated carbocycles. The minimum atomic E-state index is -0.740. The topological polar surface area (TPSA) is 69.5 Å². The van der Waals surface area contributed by atoms with Gasteiger partial charge in [-0.25, -0.2) is 9.98 Å². The number of aliphatic hydroxyl groups is 1. The fourth-order valence-corrected chi connectivity index (χ4v) is 3.32. The molecule has 0 spiro atoms. The number of aliphatic imine (C=N–C) groups is 1. The molecule has 2 aromatic rings. The standard InChI is InChI=1S/C16H20Cl2N4OS.HI/c1-3-19-16(21-8-14-7-20-10(2)24-14)22-9-15(23)11-4-12(17)6-13(18)5-11;/h4-7,15,23H,3,8-9H2,1-2H3,(H2,19,21,22);1H. The van der Waals surface area contributed by atoms with Gasteiger partial charge in [0.15, 0.2) is 5.96 Å². The number of aromatic nitrogens is 1. The molecular formula is C16H21Cl2IN4OS. The fourth-order valence-electron chi connectivity index (χ4n) is 2.06.